The molecule has 1 aromatic carbocycles. The van der Waals surface area contributed by atoms with Crippen LogP contribution in [0.4, 0.5) is 18.9 Å². The predicted octanol–water partition coefficient (Wildman–Crippen LogP) is 5.26. The highest BCUT2D eigenvalue weighted by atomic mass is 19.2. The van der Waals surface area contributed by atoms with Gasteiger partial charge in [0.1, 0.15) is 5.82 Å². The van der Waals surface area contributed by atoms with E-state index in [0.29, 0.717) is 6.07 Å². The zero-order valence-corrected chi connectivity index (χ0v) is 11.9. The van der Waals surface area contributed by atoms with Crippen molar-refractivity contribution >= 4 is 5.69 Å². The van der Waals surface area contributed by atoms with Crippen molar-refractivity contribution < 1.29 is 13.2 Å². The van der Waals surface area contributed by atoms with E-state index < -0.39 is 17.5 Å². The van der Waals surface area contributed by atoms with Gasteiger partial charge in [-0.1, -0.05) is 32.6 Å². The summed E-state index contributed by atoms with van der Waals surface area (Å²) >= 11 is 0. The van der Waals surface area contributed by atoms with E-state index in [-0.39, 0.29) is 11.7 Å². The maximum atomic E-state index is 13.6. The van der Waals surface area contributed by atoms with Crippen molar-refractivity contribution in [1.82, 2.24) is 0 Å². The van der Waals surface area contributed by atoms with Crippen molar-refractivity contribution in [3.63, 3.8) is 0 Å². The Kier molecular flexibility index (Phi) is 5.32. The summed E-state index contributed by atoms with van der Waals surface area (Å²) in [6, 6.07) is 1.67. The molecule has 0 bridgehead atoms. The van der Waals surface area contributed by atoms with Crippen molar-refractivity contribution in [3.05, 3.63) is 29.6 Å². The standard InChI is InChI=1S/C16H22F3N/c1-2-4-11-5-3-6-12(8-7-11)20-16-10-14(18)13(17)9-15(16)19/h9-12,20H,2-8H2,1H3. The zero-order valence-electron chi connectivity index (χ0n) is 11.9. The van der Waals surface area contributed by atoms with Gasteiger partial charge in [0.2, 0.25) is 0 Å². The van der Waals surface area contributed by atoms with E-state index in [4.69, 9.17) is 0 Å². The van der Waals surface area contributed by atoms with Crippen molar-refractivity contribution in [2.45, 2.75) is 57.9 Å². The normalized spacial score (nSPS) is 23.4. The topological polar surface area (TPSA) is 12.0 Å². The van der Waals surface area contributed by atoms with E-state index in [9.17, 15) is 13.2 Å². The summed E-state index contributed by atoms with van der Waals surface area (Å²) in [6.45, 7) is 2.19. The third kappa shape index (κ3) is 3.90. The van der Waals surface area contributed by atoms with Gasteiger partial charge < -0.3 is 5.32 Å². The number of rotatable bonds is 4. The van der Waals surface area contributed by atoms with Gasteiger partial charge in [-0.15, -0.1) is 0 Å². The Hall–Kier alpha value is -1.19. The Labute approximate surface area is 118 Å². The second kappa shape index (κ2) is 7.00. The fourth-order valence-electron chi connectivity index (χ4n) is 3.07. The molecular formula is C16H22F3N. The molecule has 0 heterocycles. The molecule has 112 valence electrons. The third-order valence-corrected chi connectivity index (χ3v) is 4.15. The van der Waals surface area contributed by atoms with Crippen LogP contribution in [0.2, 0.25) is 0 Å². The number of benzene rings is 1. The summed E-state index contributed by atoms with van der Waals surface area (Å²) in [4.78, 5) is 0. The van der Waals surface area contributed by atoms with Crippen molar-refractivity contribution in [2.75, 3.05) is 5.32 Å². The Morgan fingerprint density at radius 1 is 1.00 bits per heavy atom. The minimum Gasteiger partial charge on any atom is -0.380 e. The van der Waals surface area contributed by atoms with Gasteiger partial charge in [0.15, 0.2) is 11.6 Å². The Morgan fingerprint density at radius 2 is 1.75 bits per heavy atom. The van der Waals surface area contributed by atoms with Crippen LogP contribution >= 0.6 is 0 Å². The lowest BCUT2D eigenvalue weighted by Crippen LogP contribution is -2.19. The van der Waals surface area contributed by atoms with Crippen LogP contribution in [0.1, 0.15) is 51.9 Å². The maximum Gasteiger partial charge on any atom is 0.161 e. The van der Waals surface area contributed by atoms with Crippen molar-refractivity contribution in [2.24, 2.45) is 5.92 Å². The molecule has 0 amide bonds. The fourth-order valence-corrected chi connectivity index (χ4v) is 3.07. The van der Waals surface area contributed by atoms with E-state index in [1.807, 2.05) is 0 Å². The first-order valence-corrected chi connectivity index (χ1v) is 7.51. The van der Waals surface area contributed by atoms with E-state index >= 15 is 0 Å². The molecule has 20 heavy (non-hydrogen) atoms. The molecule has 0 spiro atoms. The number of halogens is 3. The molecule has 1 aromatic rings. The summed E-state index contributed by atoms with van der Waals surface area (Å²) in [6.07, 6.45) is 7.80. The summed E-state index contributed by atoms with van der Waals surface area (Å²) in [7, 11) is 0. The molecule has 1 fully saturated rings. The monoisotopic (exact) mass is 285 g/mol. The smallest absolute Gasteiger partial charge is 0.161 e. The molecule has 1 saturated carbocycles. The van der Waals surface area contributed by atoms with Gasteiger partial charge in [0.05, 0.1) is 5.69 Å². The fraction of sp³-hybridized carbons (Fsp3) is 0.625. The molecule has 0 radical (unpaired) electrons. The number of hydrogen-bond donors (Lipinski definition) is 1. The average molecular weight is 285 g/mol. The van der Waals surface area contributed by atoms with Crippen LogP contribution in [-0.4, -0.2) is 6.04 Å². The number of hydrogen-bond acceptors (Lipinski definition) is 1. The second-order valence-electron chi connectivity index (χ2n) is 5.75. The van der Waals surface area contributed by atoms with E-state index in [2.05, 4.69) is 12.2 Å². The van der Waals surface area contributed by atoms with Crippen LogP contribution in [0.5, 0.6) is 0 Å². The molecule has 0 saturated heterocycles. The van der Waals surface area contributed by atoms with Gasteiger partial charge in [-0.05, 0) is 25.2 Å². The van der Waals surface area contributed by atoms with Crippen LogP contribution in [0.3, 0.4) is 0 Å². The Balaban J connectivity index is 1.98. The van der Waals surface area contributed by atoms with Crippen LogP contribution < -0.4 is 5.32 Å². The van der Waals surface area contributed by atoms with Crippen LogP contribution in [-0.2, 0) is 0 Å². The predicted molar refractivity (Wildman–Crippen MR) is 75.2 cm³/mol. The van der Waals surface area contributed by atoms with Gasteiger partial charge >= 0.3 is 0 Å². The average Bonchev–Trinajstić information content (AvgIpc) is 2.62. The molecule has 2 rings (SSSR count). The summed E-state index contributed by atoms with van der Waals surface area (Å²) in [5, 5.41) is 3.04. The minimum absolute atomic E-state index is 0.0721. The van der Waals surface area contributed by atoms with Gasteiger partial charge in [0.25, 0.3) is 0 Å². The molecule has 1 aliphatic rings. The van der Waals surface area contributed by atoms with E-state index in [1.165, 1.54) is 19.3 Å². The quantitative estimate of drug-likeness (QED) is 0.587. The van der Waals surface area contributed by atoms with E-state index in [1.54, 1.807) is 0 Å². The highest BCUT2D eigenvalue weighted by molar-refractivity contribution is 5.46. The van der Waals surface area contributed by atoms with Gasteiger partial charge in [-0.25, -0.2) is 13.2 Å². The van der Waals surface area contributed by atoms with Crippen LogP contribution in [0.15, 0.2) is 12.1 Å². The lowest BCUT2D eigenvalue weighted by molar-refractivity contribution is 0.422. The Morgan fingerprint density at radius 3 is 2.50 bits per heavy atom. The first-order valence-electron chi connectivity index (χ1n) is 7.51. The summed E-state index contributed by atoms with van der Waals surface area (Å²) in [5.41, 5.74) is 0.0721. The second-order valence-corrected chi connectivity index (χ2v) is 5.75. The lowest BCUT2D eigenvalue weighted by Gasteiger charge is -2.18. The highest BCUT2D eigenvalue weighted by Crippen LogP contribution is 2.29. The van der Waals surface area contributed by atoms with Gasteiger partial charge in [0, 0.05) is 18.2 Å². The summed E-state index contributed by atoms with van der Waals surface area (Å²) < 4.78 is 39.7. The van der Waals surface area contributed by atoms with Gasteiger partial charge in [-0.3, -0.25) is 0 Å². The molecule has 2 unspecified atom stereocenters. The van der Waals surface area contributed by atoms with Crippen LogP contribution in [0.25, 0.3) is 0 Å². The maximum absolute atomic E-state index is 13.6. The molecule has 1 nitrogen and oxygen atoms in total. The largest absolute Gasteiger partial charge is 0.380 e. The highest BCUT2D eigenvalue weighted by Gasteiger charge is 2.20. The summed E-state index contributed by atoms with van der Waals surface area (Å²) in [5.74, 6) is -2.12. The molecule has 0 aliphatic heterocycles. The number of anilines is 1. The lowest BCUT2D eigenvalue weighted by atomic mass is 9.95. The molecule has 1 aliphatic carbocycles. The number of nitrogens with one attached hydrogen (secondary N) is 1. The molecule has 1 N–H and O–H groups in total. The first-order chi connectivity index (χ1) is 9.60. The molecule has 2 atom stereocenters. The molecule has 0 aromatic heterocycles. The van der Waals surface area contributed by atoms with Gasteiger partial charge in [-0.2, -0.15) is 0 Å². The van der Waals surface area contributed by atoms with Crippen LogP contribution in [0, 0.1) is 23.4 Å². The zero-order chi connectivity index (χ0) is 14.5. The van der Waals surface area contributed by atoms with E-state index in [0.717, 1.165) is 37.7 Å². The SMILES string of the molecule is CCCC1CCCC(Nc2cc(F)c(F)cc2F)CC1. The first kappa shape index (κ1) is 15.2. The Bertz CT molecular complexity index is 448. The third-order valence-electron chi connectivity index (χ3n) is 4.15. The molecular weight excluding hydrogens is 263 g/mol. The van der Waals surface area contributed by atoms with Crippen molar-refractivity contribution in [1.29, 1.82) is 0 Å². The molecule has 4 heteroatoms. The minimum atomic E-state index is -1.14. The van der Waals surface area contributed by atoms with Crippen molar-refractivity contribution in [3.8, 4) is 0 Å².